The fourth-order valence-electron chi connectivity index (χ4n) is 0.342. The number of aliphatic carboxylic acids is 1. The van der Waals surface area contributed by atoms with E-state index >= 15 is 0 Å². The van der Waals surface area contributed by atoms with Crippen LogP contribution in [0.3, 0.4) is 0 Å². The number of carbonyl (C=O) groups excluding carboxylic acids is 1. The average molecular weight is 172 g/mol. The number of amides is 1. The molecule has 0 aliphatic rings. The fraction of sp³-hybridized carbons (Fsp3) is 0.429. The van der Waals surface area contributed by atoms with Crippen molar-refractivity contribution < 1.29 is 14.7 Å². The molecule has 0 aliphatic carbocycles. The van der Waals surface area contributed by atoms with E-state index in [0.717, 1.165) is 0 Å². The molecule has 5 nitrogen and oxygen atoms in total. The molecule has 1 amide bonds. The van der Waals surface area contributed by atoms with Crippen LogP contribution in [0.25, 0.3) is 0 Å². The first-order chi connectivity index (χ1) is 5.45. The molecule has 1 unspecified atom stereocenters. The minimum atomic E-state index is -1.03. The highest BCUT2D eigenvalue weighted by Gasteiger charge is 2.10. The molecule has 0 rings (SSSR count). The maximum atomic E-state index is 10.8. The van der Waals surface area contributed by atoms with Crippen LogP contribution >= 0.6 is 0 Å². The van der Waals surface area contributed by atoms with Gasteiger partial charge in [-0.1, -0.05) is 6.58 Å². The summed E-state index contributed by atoms with van der Waals surface area (Å²) in [4.78, 5) is 21.0. The summed E-state index contributed by atoms with van der Waals surface area (Å²) in [6, 6.07) is -0.812. The highest BCUT2D eigenvalue weighted by atomic mass is 16.4. The van der Waals surface area contributed by atoms with Gasteiger partial charge in [-0.2, -0.15) is 0 Å². The Bertz CT molecular complexity index is 213. The molecule has 5 heteroatoms. The molecule has 0 aromatic rings. The Morgan fingerprint density at radius 1 is 1.50 bits per heavy atom. The van der Waals surface area contributed by atoms with Gasteiger partial charge in [0, 0.05) is 5.57 Å². The summed E-state index contributed by atoms with van der Waals surface area (Å²) in [5, 5.41) is 8.40. The van der Waals surface area contributed by atoms with Crippen LogP contribution < -0.4 is 10.9 Å². The van der Waals surface area contributed by atoms with Gasteiger partial charge in [-0.3, -0.25) is 15.0 Å². The number of nitrogens with one attached hydrogen (secondary N) is 2. The molecule has 0 aromatic carbocycles. The van der Waals surface area contributed by atoms with Gasteiger partial charge < -0.3 is 5.11 Å². The third-order valence-corrected chi connectivity index (χ3v) is 1.16. The van der Waals surface area contributed by atoms with E-state index in [9.17, 15) is 9.59 Å². The van der Waals surface area contributed by atoms with Crippen molar-refractivity contribution in [3.8, 4) is 0 Å². The zero-order chi connectivity index (χ0) is 9.72. The Morgan fingerprint density at radius 3 is 2.33 bits per heavy atom. The van der Waals surface area contributed by atoms with Gasteiger partial charge in [0.1, 0.15) is 6.04 Å². The molecule has 1 atom stereocenters. The fourth-order valence-corrected chi connectivity index (χ4v) is 0.342. The predicted octanol–water partition coefficient (Wildman–Crippen LogP) is -0.344. The molecule has 0 saturated heterocycles. The van der Waals surface area contributed by atoms with Crippen LogP contribution in [0.1, 0.15) is 13.8 Å². The Hall–Kier alpha value is -1.36. The molecule has 0 aromatic heterocycles. The Kier molecular flexibility index (Phi) is 3.99. The normalized spacial score (nSPS) is 11.8. The van der Waals surface area contributed by atoms with Crippen LogP contribution in [-0.2, 0) is 9.59 Å². The third-order valence-electron chi connectivity index (χ3n) is 1.16. The molecule has 12 heavy (non-hydrogen) atoms. The number of hydrogen-bond acceptors (Lipinski definition) is 3. The van der Waals surface area contributed by atoms with Gasteiger partial charge in [-0.15, -0.1) is 0 Å². The second-order valence-corrected chi connectivity index (χ2v) is 2.44. The van der Waals surface area contributed by atoms with E-state index in [1.165, 1.54) is 13.8 Å². The van der Waals surface area contributed by atoms with Crippen molar-refractivity contribution in [2.45, 2.75) is 19.9 Å². The molecule has 0 heterocycles. The topological polar surface area (TPSA) is 78.4 Å². The number of rotatable bonds is 4. The molecule has 0 fully saturated rings. The van der Waals surface area contributed by atoms with Crippen LogP contribution in [0.4, 0.5) is 0 Å². The zero-order valence-electron chi connectivity index (χ0n) is 7.05. The molecular weight excluding hydrogens is 160 g/mol. The molecule has 0 spiro atoms. The van der Waals surface area contributed by atoms with E-state index in [4.69, 9.17) is 5.11 Å². The number of carbonyl (C=O) groups is 2. The smallest absolute Gasteiger partial charge is 0.322 e. The Balaban J connectivity index is 3.76. The van der Waals surface area contributed by atoms with E-state index in [0.29, 0.717) is 5.57 Å². The molecular formula is C7H12N2O3. The SMILES string of the molecule is C=C(C)C(=O)NNC(C)C(=O)O. The van der Waals surface area contributed by atoms with Gasteiger partial charge in [0.2, 0.25) is 0 Å². The highest BCUT2D eigenvalue weighted by Crippen LogP contribution is 1.84. The maximum absolute atomic E-state index is 10.8. The summed E-state index contributed by atoms with van der Waals surface area (Å²) >= 11 is 0. The maximum Gasteiger partial charge on any atom is 0.322 e. The summed E-state index contributed by atoms with van der Waals surface area (Å²) in [5.41, 5.74) is 4.82. The van der Waals surface area contributed by atoms with Crippen LogP contribution in [0.15, 0.2) is 12.2 Å². The molecule has 0 bridgehead atoms. The molecule has 0 radical (unpaired) electrons. The van der Waals surface area contributed by atoms with Crippen molar-refractivity contribution in [2.24, 2.45) is 0 Å². The first kappa shape index (κ1) is 10.6. The number of carboxylic acids is 1. The number of hydrazine groups is 1. The number of hydrogen-bond donors (Lipinski definition) is 3. The lowest BCUT2D eigenvalue weighted by molar-refractivity contribution is -0.139. The van der Waals surface area contributed by atoms with Crippen LogP contribution in [0.5, 0.6) is 0 Å². The Labute approximate surface area is 70.4 Å². The van der Waals surface area contributed by atoms with Gasteiger partial charge in [-0.05, 0) is 13.8 Å². The van der Waals surface area contributed by atoms with Crippen LogP contribution in [-0.4, -0.2) is 23.0 Å². The van der Waals surface area contributed by atoms with Gasteiger partial charge in [0.05, 0.1) is 0 Å². The summed E-state index contributed by atoms with van der Waals surface area (Å²) < 4.78 is 0. The summed E-state index contributed by atoms with van der Waals surface area (Å²) in [6.07, 6.45) is 0. The van der Waals surface area contributed by atoms with E-state index in [1.54, 1.807) is 0 Å². The van der Waals surface area contributed by atoms with E-state index in [-0.39, 0.29) is 0 Å². The van der Waals surface area contributed by atoms with Crippen molar-refractivity contribution in [3.05, 3.63) is 12.2 Å². The van der Waals surface area contributed by atoms with Crippen LogP contribution in [0.2, 0.25) is 0 Å². The summed E-state index contributed by atoms with van der Waals surface area (Å²) in [5.74, 6) is -1.44. The average Bonchev–Trinajstić information content (AvgIpc) is 1.98. The zero-order valence-corrected chi connectivity index (χ0v) is 7.05. The highest BCUT2D eigenvalue weighted by molar-refractivity contribution is 5.91. The molecule has 0 saturated carbocycles. The minimum absolute atomic E-state index is 0.320. The summed E-state index contributed by atoms with van der Waals surface area (Å²) in [6.45, 7) is 6.33. The van der Waals surface area contributed by atoms with Crippen molar-refractivity contribution in [2.75, 3.05) is 0 Å². The third kappa shape index (κ3) is 3.72. The van der Waals surface area contributed by atoms with Crippen molar-refractivity contribution in [1.82, 2.24) is 10.9 Å². The van der Waals surface area contributed by atoms with Crippen LogP contribution in [0, 0.1) is 0 Å². The molecule has 68 valence electrons. The van der Waals surface area contributed by atoms with Crippen molar-refractivity contribution in [1.29, 1.82) is 0 Å². The van der Waals surface area contributed by atoms with Gasteiger partial charge in [0.25, 0.3) is 5.91 Å². The lowest BCUT2D eigenvalue weighted by Crippen LogP contribution is -2.46. The lowest BCUT2D eigenvalue weighted by Gasteiger charge is -2.09. The summed E-state index contributed by atoms with van der Waals surface area (Å²) in [7, 11) is 0. The molecule has 0 aliphatic heterocycles. The first-order valence-electron chi connectivity index (χ1n) is 3.39. The Morgan fingerprint density at radius 2 is 2.00 bits per heavy atom. The van der Waals surface area contributed by atoms with E-state index in [1.807, 2.05) is 0 Å². The lowest BCUT2D eigenvalue weighted by atomic mass is 10.3. The second kappa shape index (κ2) is 4.50. The first-order valence-corrected chi connectivity index (χ1v) is 3.39. The van der Waals surface area contributed by atoms with Gasteiger partial charge in [-0.25, -0.2) is 5.43 Å². The minimum Gasteiger partial charge on any atom is -0.480 e. The van der Waals surface area contributed by atoms with Gasteiger partial charge >= 0.3 is 5.97 Å². The quantitative estimate of drug-likeness (QED) is 0.400. The van der Waals surface area contributed by atoms with Gasteiger partial charge in [0.15, 0.2) is 0 Å². The monoisotopic (exact) mass is 172 g/mol. The standard InChI is InChI=1S/C7H12N2O3/c1-4(2)6(10)9-8-5(3)7(11)12/h5,8H,1H2,2-3H3,(H,9,10)(H,11,12). The van der Waals surface area contributed by atoms with E-state index in [2.05, 4.69) is 17.4 Å². The largest absolute Gasteiger partial charge is 0.480 e. The van der Waals surface area contributed by atoms with Crippen molar-refractivity contribution >= 4 is 11.9 Å². The van der Waals surface area contributed by atoms with E-state index < -0.39 is 17.9 Å². The molecule has 3 N–H and O–H groups in total. The van der Waals surface area contributed by atoms with Crippen molar-refractivity contribution in [3.63, 3.8) is 0 Å². The predicted molar refractivity (Wildman–Crippen MR) is 43.2 cm³/mol. The number of carboxylic acid groups (broad SMARTS) is 1. The second-order valence-electron chi connectivity index (χ2n) is 2.44.